The molecule has 0 N–H and O–H groups in total. The summed E-state index contributed by atoms with van der Waals surface area (Å²) in [6, 6.07) is 5.41. The maximum Gasteiger partial charge on any atom is 0.254 e. The maximum atomic E-state index is 12.6. The first-order chi connectivity index (χ1) is 10.3. The molecule has 0 unspecified atom stereocenters. The molecule has 1 aliphatic heterocycles. The summed E-state index contributed by atoms with van der Waals surface area (Å²) in [4.78, 5) is 18.8. The Morgan fingerprint density at radius 2 is 2.14 bits per heavy atom. The van der Waals surface area contributed by atoms with Crippen molar-refractivity contribution in [1.82, 2.24) is 19.7 Å². The van der Waals surface area contributed by atoms with Crippen LogP contribution in [-0.2, 0) is 0 Å². The lowest BCUT2D eigenvalue weighted by Crippen LogP contribution is -2.39. The minimum Gasteiger partial charge on any atom is -0.339 e. The highest BCUT2D eigenvalue weighted by Gasteiger charge is 2.23. The smallest absolute Gasteiger partial charge is 0.254 e. The molecular formula is C15H18N4OS. The molecule has 3 heterocycles. The van der Waals surface area contributed by atoms with Gasteiger partial charge in [0.2, 0.25) is 0 Å². The number of likely N-dealkylation sites (tertiary alicyclic amines) is 1. The molecular weight excluding hydrogens is 284 g/mol. The monoisotopic (exact) mass is 302 g/mol. The molecule has 1 aliphatic rings. The summed E-state index contributed by atoms with van der Waals surface area (Å²) < 4.78 is 1.66. The number of carbonyl (C=O) groups excluding carboxylic acids is 1. The van der Waals surface area contributed by atoms with Gasteiger partial charge in [0.25, 0.3) is 5.91 Å². The van der Waals surface area contributed by atoms with Gasteiger partial charge < -0.3 is 4.90 Å². The van der Waals surface area contributed by atoms with Crippen molar-refractivity contribution in [1.29, 1.82) is 0 Å². The number of hydrogen-bond donors (Lipinski definition) is 0. The van der Waals surface area contributed by atoms with Gasteiger partial charge in [0, 0.05) is 42.5 Å². The second-order valence-electron chi connectivity index (χ2n) is 5.08. The number of nitrogens with zero attached hydrogens (tertiary/aromatic N) is 4. The van der Waals surface area contributed by atoms with Gasteiger partial charge in [-0.3, -0.25) is 4.79 Å². The molecule has 0 atom stereocenters. The molecule has 2 aromatic heterocycles. The van der Waals surface area contributed by atoms with E-state index < -0.39 is 0 Å². The minimum absolute atomic E-state index is 0.0883. The van der Waals surface area contributed by atoms with Crippen LogP contribution in [0.5, 0.6) is 0 Å². The Kier molecular flexibility index (Phi) is 4.24. The molecule has 6 heteroatoms. The second-order valence-corrected chi connectivity index (χ2v) is 6.22. The van der Waals surface area contributed by atoms with Gasteiger partial charge in [-0.15, -0.1) is 0 Å². The van der Waals surface area contributed by atoms with Crippen LogP contribution in [-0.4, -0.2) is 50.2 Å². The van der Waals surface area contributed by atoms with Crippen LogP contribution in [0.4, 0.5) is 0 Å². The third-order valence-electron chi connectivity index (χ3n) is 3.79. The zero-order chi connectivity index (χ0) is 14.7. The molecule has 0 saturated carbocycles. The van der Waals surface area contributed by atoms with Crippen molar-refractivity contribution in [3.63, 3.8) is 0 Å². The lowest BCUT2D eigenvalue weighted by molar-refractivity contribution is 0.0727. The number of pyridine rings is 1. The molecule has 3 rings (SSSR count). The number of aromatic nitrogens is 3. The van der Waals surface area contributed by atoms with Crippen molar-refractivity contribution < 1.29 is 4.79 Å². The van der Waals surface area contributed by atoms with Gasteiger partial charge in [0.15, 0.2) is 5.82 Å². The molecule has 0 aromatic carbocycles. The molecule has 0 radical (unpaired) electrons. The van der Waals surface area contributed by atoms with E-state index in [4.69, 9.17) is 0 Å². The first-order valence-corrected chi connectivity index (χ1v) is 8.35. The van der Waals surface area contributed by atoms with Crippen molar-refractivity contribution >= 4 is 17.7 Å². The van der Waals surface area contributed by atoms with Crippen LogP contribution in [0.25, 0.3) is 5.82 Å². The fourth-order valence-corrected chi connectivity index (χ4v) is 3.24. The lowest BCUT2D eigenvalue weighted by atomic mass is 10.1. The Morgan fingerprint density at radius 1 is 1.33 bits per heavy atom. The first kappa shape index (κ1) is 14.1. The van der Waals surface area contributed by atoms with Gasteiger partial charge in [-0.2, -0.15) is 16.9 Å². The number of rotatable bonds is 3. The number of carbonyl (C=O) groups is 1. The van der Waals surface area contributed by atoms with Crippen molar-refractivity contribution in [2.75, 3.05) is 19.3 Å². The summed E-state index contributed by atoms with van der Waals surface area (Å²) in [5.74, 6) is 0.759. The summed E-state index contributed by atoms with van der Waals surface area (Å²) in [5.41, 5.74) is 0.679. The highest BCUT2D eigenvalue weighted by molar-refractivity contribution is 7.99. The summed E-state index contributed by atoms with van der Waals surface area (Å²) in [5, 5.41) is 4.83. The van der Waals surface area contributed by atoms with E-state index in [1.807, 2.05) is 28.9 Å². The van der Waals surface area contributed by atoms with Gasteiger partial charge in [-0.05, 0) is 37.3 Å². The average Bonchev–Trinajstić information content (AvgIpc) is 3.09. The minimum atomic E-state index is 0.0883. The highest BCUT2D eigenvalue weighted by Crippen LogP contribution is 2.22. The topological polar surface area (TPSA) is 51.0 Å². The van der Waals surface area contributed by atoms with E-state index in [0.29, 0.717) is 16.6 Å². The van der Waals surface area contributed by atoms with Crippen LogP contribution in [0, 0.1) is 0 Å². The molecule has 2 aromatic rings. The number of hydrogen-bond acceptors (Lipinski definition) is 4. The van der Waals surface area contributed by atoms with Crippen molar-refractivity contribution in [2.45, 2.75) is 18.1 Å². The second kappa shape index (κ2) is 6.30. The molecule has 5 nitrogen and oxygen atoms in total. The molecule has 0 spiro atoms. The van der Waals surface area contributed by atoms with E-state index in [2.05, 4.69) is 16.3 Å². The third kappa shape index (κ3) is 3.10. The zero-order valence-corrected chi connectivity index (χ0v) is 12.8. The fraction of sp³-hybridized carbons (Fsp3) is 0.400. The van der Waals surface area contributed by atoms with Crippen LogP contribution in [0.15, 0.2) is 36.8 Å². The molecule has 0 bridgehead atoms. The van der Waals surface area contributed by atoms with Gasteiger partial charge in [0.05, 0.1) is 0 Å². The van der Waals surface area contributed by atoms with E-state index in [-0.39, 0.29) is 5.91 Å². The van der Waals surface area contributed by atoms with Crippen LogP contribution in [0.3, 0.4) is 0 Å². The van der Waals surface area contributed by atoms with E-state index >= 15 is 0 Å². The highest BCUT2D eigenvalue weighted by atomic mass is 32.2. The summed E-state index contributed by atoms with van der Waals surface area (Å²) >= 11 is 1.90. The normalized spacial score (nSPS) is 16.1. The van der Waals surface area contributed by atoms with Gasteiger partial charge >= 0.3 is 0 Å². The first-order valence-electron chi connectivity index (χ1n) is 7.06. The predicted octanol–water partition coefficient (Wildman–Crippen LogP) is 2.23. The number of piperidine rings is 1. The van der Waals surface area contributed by atoms with E-state index in [9.17, 15) is 4.79 Å². The fourth-order valence-electron chi connectivity index (χ4n) is 2.56. The number of amides is 1. The van der Waals surface area contributed by atoms with E-state index in [1.165, 1.54) is 0 Å². The summed E-state index contributed by atoms with van der Waals surface area (Å²) in [7, 11) is 0. The summed E-state index contributed by atoms with van der Waals surface area (Å²) in [6.07, 6.45) is 9.47. The Hall–Kier alpha value is -1.82. The number of thioether (sulfide) groups is 1. The third-order valence-corrected chi connectivity index (χ3v) is 4.93. The maximum absolute atomic E-state index is 12.6. The Labute approximate surface area is 128 Å². The molecule has 0 aliphatic carbocycles. The van der Waals surface area contributed by atoms with Gasteiger partial charge in [-0.1, -0.05) is 0 Å². The molecule has 1 fully saturated rings. The van der Waals surface area contributed by atoms with Crippen LogP contribution >= 0.6 is 11.8 Å². The Balaban J connectivity index is 1.75. The standard InChI is InChI=1S/C15H18N4OS/c1-21-13-4-9-18(10-5-13)15(20)12-3-7-16-14(11-12)19-8-2-6-17-19/h2-3,6-8,11,13H,4-5,9-10H2,1H3. The predicted molar refractivity (Wildman–Crippen MR) is 83.8 cm³/mol. The van der Waals surface area contributed by atoms with Crippen molar-refractivity contribution in [3.05, 3.63) is 42.4 Å². The van der Waals surface area contributed by atoms with Crippen LogP contribution in [0.1, 0.15) is 23.2 Å². The van der Waals surface area contributed by atoms with Crippen LogP contribution in [0.2, 0.25) is 0 Å². The molecule has 21 heavy (non-hydrogen) atoms. The Morgan fingerprint density at radius 3 is 2.81 bits per heavy atom. The van der Waals surface area contributed by atoms with E-state index in [1.54, 1.807) is 29.2 Å². The average molecular weight is 302 g/mol. The largest absolute Gasteiger partial charge is 0.339 e. The molecule has 1 saturated heterocycles. The van der Waals surface area contributed by atoms with Gasteiger partial charge in [0.1, 0.15) is 0 Å². The van der Waals surface area contributed by atoms with Crippen molar-refractivity contribution in [3.8, 4) is 5.82 Å². The quantitative estimate of drug-likeness (QED) is 0.872. The molecule has 1 amide bonds. The lowest BCUT2D eigenvalue weighted by Gasteiger charge is -2.31. The van der Waals surface area contributed by atoms with Gasteiger partial charge in [-0.25, -0.2) is 9.67 Å². The molecule has 110 valence electrons. The Bertz CT molecular complexity index is 606. The SMILES string of the molecule is CSC1CCN(C(=O)c2ccnc(-n3cccn3)c2)CC1. The van der Waals surface area contributed by atoms with E-state index in [0.717, 1.165) is 25.9 Å². The van der Waals surface area contributed by atoms with Crippen LogP contribution < -0.4 is 0 Å². The zero-order valence-electron chi connectivity index (χ0n) is 12.0. The van der Waals surface area contributed by atoms with Crippen molar-refractivity contribution in [2.24, 2.45) is 0 Å². The summed E-state index contributed by atoms with van der Waals surface area (Å²) in [6.45, 7) is 1.67.